The number of benzene rings is 2. The molecule has 37 heavy (non-hydrogen) atoms. The Kier molecular flexibility index (Phi) is 8.86. The molecule has 0 heterocycles. The van der Waals surface area contributed by atoms with Crippen LogP contribution >= 0.6 is 0 Å². The first-order valence-corrected chi connectivity index (χ1v) is 13.6. The highest BCUT2D eigenvalue weighted by atomic mass is 16.5. The standard InChI is InChI=1S/C32H40N2O3/c1-21-22(2)24(4)25(23(21)3)17-19-33-31(35)16-6-5-11-18-34-32(36)37-20-30-28-14-9-7-12-26(28)27-13-8-10-15-29(27)30/h7-10,12-15,25,30H,5-6,11,16-20H2,1-4H3,(H,33,35)(H,34,36). The average Bonchev–Trinajstić information content (AvgIpc) is 3.32. The highest BCUT2D eigenvalue weighted by molar-refractivity contribution is 5.79. The molecular formula is C32H40N2O3. The summed E-state index contributed by atoms with van der Waals surface area (Å²) in [5.74, 6) is 0.640. The van der Waals surface area contributed by atoms with Crippen LogP contribution in [0, 0.1) is 5.92 Å². The Balaban J connectivity index is 1.08. The van der Waals surface area contributed by atoms with Crippen molar-refractivity contribution in [3.8, 4) is 11.1 Å². The van der Waals surface area contributed by atoms with Crippen molar-refractivity contribution in [2.75, 3.05) is 19.7 Å². The summed E-state index contributed by atoms with van der Waals surface area (Å²) in [5, 5.41) is 5.93. The van der Waals surface area contributed by atoms with Gasteiger partial charge < -0.3 is 15.4 Å². The predicted molar refractivity (Wildman–Crippen MR) is 149 cm³/mol. The SMILES string of the molecule is CC1=C(C)C(CCNC(=O)CCCCCNC(=O)OCC2c3ccccc3-c3ccccc32)C(C)=C1C. The number of carbonyl (C=O) groups excluding carboxylic acids is 2. The highest BCUT2D eigenvalue weighted by Crippen LogP contribution is 2.44. The van der Waals surface area contributed by atoms with Crippen LogP contribution in [-0.2, 0) is 9.53 Å². The van der Waals surface area contributed by atoms with Crippen LogP contribution in [-0.4, -0.2) is 31.7 Å². The Hall–Kier alpha value is -3.34. The van der Waals surface area contributed by atoms with Crippen LogP contribution in [0.1, 0.15) is 76.8 Å². The average molecular weight is 501 g/mol. The number of carbonyl (C=O) groups is 2. The molecule has 0 saturated carbocycles. The van der Waals surface area contributed by atoms with Crippen LogP contribution in [0.2, 0.25) is 0 Å². The number of alkyl carbamates (subject to hydrolysis) is 1. The number of hydrogen-bond acceptors (Lipinski definition) is 3. The van der Waals surface area contributed by atoms with Crippen molar-refractivity contribution in [2.45, 2.75) is 65.7 Å². The molecule has 0 spiro atoms. The summed E-state index contributed by atoms with van der Waals surface area (Å²) in [7, 11) is 0. The van der Waals surface area contributed by atoms with Crippen LogP contribution in [0.5, 0.6) is 0 Å². The van der Waals surface area contributed by atoms with Gasteiger partial charge in [-0.05, 0) is 80.4 Å². The molecule has 2 amide bonds. The molecule has 0 atom stereocenters. The van der Waals surface area contributed by atoms with Crippen molar-refractivity contribution >= 4 is 12.0 Å². The van der Waals surface area contributed by atoms with E-state index in [1.54, 1.807) is 0 Å². The Morgan fingerprint density at radius 2 is 1.32 bits per heavy atom. The molecule has 2 aromatic rings. The van der Waals surface area contributed by atoms with Crippen molar-refractivity contribution in [2.24, 2.45) is 5.92 Å². The van der Waals surface area contributed by atoms with E-state index in [0.717, 1.165) is 25.7 Å². The van der Waals surface area contributed by atoms with Gasteiger partial charge >= 0.3 is 6.09 Å². The normalized spacial score (nSPS) is 15.1. The zero-order valence-electron chi connectivity index (χ0n) is 22.7. The minimum absolute atomic E-state index is 0.0678. The molecule has 2 N–H and O–H groups in total. The first-order valence-electron chi connectivity index (χ1n) is 13.6. The van der Waals surface area contributed by atoms with Crippen LogP contribution in [0.3, 0.4) is 0 Å². The molecule has 2 aliphatic rings. The number of rotatable bonds is 11. The lowest BCUT2D eigenvalue weighted by Gasteiger charge is -2.15. The fraction of sp³-hybridized carbons (Fsp3) is 0.438. The summed E-state index contributed by atoms with van der Waals surface area (Å²) in [6.45, 7) is 10.4. The fourth-order valence-electron chi connectivity index (χ4n) is 5.74. The van der Waals surface area contributed by atoms with E-state index < -0.39 is 0 Å². The maximum Gasteiger partial charge on any atom is 0.407 e. The van der Waals surface area contributed by atoms with E-state index >= 15 is 0 Å². The second-order valence-electron chi connectivity index (χ2n) is 10.4. The van der Waals surface area contributed by atoms with E-state index in [2.05, 4.69) is 62.6 Å². The van der Waals surface area contributed by atoms with E-state index in [0.29, 0.717) is 32.0 Å². The Bertz CT molecular complexity index is 1140. The Morgan fingerprint density at radius 1 is 0.730 bits per heavy atom. The van der Waals surface area contributed by atoms with Gasteiger partial charge in [-0.3, -0.25) is 4.79 Å². The predicted octanol–water partition coefficient (Wildman–Crippen LogP) is 6.89. The first kappa shape index (κ1) is 26.7. The topological polar surface area (TPSA) is 67.4 Å². The zero-order chi connectivity index (χ0) is 26.4. The summed E-state index contributed by atoms with van der Waals surface area (Å²) >= 11 is 0. The summed E-state index contributed by atoms with van der Waals surface area (Å²) in [4.78, 5) is 24.5. The van der Waals surface area contributed by atoms with Gasteiger partial charge in [-0.2, -0.15) is 0 Å². The molecule has 0 aromatic heterocycles. The summed E-state index contributed by atoms with van der Waals surface area (Å²) < 4.78 is 5.58. The summed E-state index contributed by atoms with van der Waals surface area (Å²) in [6, 6.07) is 16.6. The van der Waals surface area contributed by atoms with E-state index in [1.807, 2.05) is 24.3 Å². The second-order valence-corrected chi connectivity index (χ2v) is 10.4. The molecule has 2 aromatic carbocycles. The molecule has 5 heteroatoms. The summed E-state index contributed by atoms with van der Waals surface area (Å²) in [5.41, 5.74) is 10.5. The van der Waals surface area contributed by atoms with Gasteiger partial charge in [0, 0.05) is 31.3 Å². The van der Waals surface area contributed by atoms with Crippen LogP contribution < -0.4 is 10.6 Å². The van der Waals surface area contributed by atoms with E-state index in [4.69, 9.17) is 4.74 Å². The van der Waals surface area contributed by atoms with Gasteiger partial charge in [0.05, 0.1) is 0 Å². The Labute approximate surface area is 221 Å². The van der Waals surface area contributed by atoms with Gasteiger partial charge in [-0.25, -0.2) is 4.79 Å². The molecule has 0 unspecified atom stereocenters. The van der Waals surface area contributed by atoms with Crippen molar-refractivity contribution in [1.29, 1.82) is 0 Å². The number of allylic oxidation sites excluding steroid dienone is 4. The minimum Gasteiger partial charge on any atom is -0.449 e. The van der Waals surface area contributed by atoms with Crippen LogP contribution in [0.15, 0.2) is 70.8 Å². The van der Waals surface area contributed by atoms with Gasteiger partial charge in [0.2, 0.25) is 5.91 Å². The molecular weight excluding hydrogens is 460 g/mol. The lowest BCUT2D eigenvalue weighted by atomic mass is 9.93. The first-order chi connectivity index (χ1) is 17.9. The molecule has 4 rings (SSSR count). The lowest BCUT2D eigenvalue weighted by molar-refractivity contribution is -0.121. The number of ether oxygens (including phenoxy) is 1. The molecule has 0 fully saturated rings. The van der Waals surface area contributed by atoms with Gasteiger partial charge in [0.15, 0.2) is 0 Å². The van der Waals surface area contributed by atoms with Crippen LogP contribution in [0.25, 0.3) is 11.1 Å². The van der Waals surface area contributed by atoms with Gasteiger partial charge in [0.25, 0.3) is 0 Å². The summed E-state index contributed by atoms with van der Waals surface area (Å²) in [6.07, 6.45) is 3.64. The van der Waals surface area contributed by atoms with Gasteiger partial charge in [-0.15, -0.1) is 0 Å². The smallest absolute Gasteiger partial charge is 0.407 e. The van der Waals surface area contributed by atoms with E-state index in [1.165, 1.54) is 44.5 Å². The molecule has 0 saturated heterocycles. The van der Waals surface area contributed by atoms with Crippen molar-refractivity contribution < 1.29 is 14.3 Å². The molecule has 0 bridgehead atoms. The largest absolute Gasteiger partial charge is 0.449 e. The molecule has 5 nitrogen and oxygen atoms in total. The second kappa shape index (κ2) is 12.3. The highest BCUT2D eigenvalue weighted by Gasteiger charge is 2.29. The number of fused-ring (bicyclic) bond motifs is 3. The third kappa shape index (κ3) is 6.15. The van der Waals surface area contributed by atoms with Gasteiger partial charge in [-0.1, -0.05) is 66.1 Å². The van der Waals surface area contributed by atoms with Crippen molar-refractivity contribution in [3.05, 3.63) is 82.0 Å². The fourth-order valence-corrected chi connectivity index (χ4v) is 5.74. The monoisotopic (exact) mass is 500 g/mol. The van der Waals surface area contributed by atoms with Gasteiger partial charge in [0.1, 0.15) is 6.61 Å². The zero-order valence-corrected chi connectivity index (χ0v) is 22.7. The van der Waals surface area contributed by atoms with Crippen molar-refractivity contribution in [3.63, 3.8) is 0 Å². The number of nitrogens with one attached hydrogen (secondary N) is 2. The van der Waals surface area contributed by atoms with E-state index in [-0.39, 0.29) is 17.9 Å². The molecule has 196 valence electrons. The van der Waals surface area contributed by atoms with E-state index in [9.17, 15) is 9.59 Å². The number of unbranched alkanes of at least 4 members (excludes halogenated alkanes) is 2. The number of amides is 2. The lowest BCUT2D eigenvalue weighted by Crippen LogP contribution is -2.27. The maximum absolute atomic E-state index is 12.3. The molecule has 0 aliphatic heterocycles. The van der Waals surface area contributed by atoms with Crippen LogP contribution in [0.4, 0.5) is 4.79 Å². The third-order valence-electron chi connectivity index (χ3n) is 8.24. The number of hydrogen-bond donors (Lipinski definition) is 2. The Morgan fingerprint density at radius 3 is 1.95 bits per heavy atom. The molecule has 0 radical (unpaired) electrons. The minimum atomic E-state index is -0.384. The maximum atomic E-state index is 12.3. The third-order valence-corrected chi connectivity index (χ3v) is 8.24. The quantitative estimate of drug-likeness (QED) is 0.330. The van der Waals surface area contributed by atoms with Crippen molar-refractivity contribution in [1.82, 2.24) is 10.6 Å². The molecule has 2 aliphatic carbocycles.